The molecule has 0 bridgehead atoms. The van der Waals surface area contributed by atoms with Crippen LogP contribution in [0.3, 0.4) is 0 Å². The number of carbonyl (C=O) groups is 1. The van der Waals surface area contributed by atoms with E-state index in [4.69, 9.17) is 5.11 Å². The minimum atomic E-state index is 0.138. The van der Waals surface area contributed by atoms with Crippen molar-refractivity contribution >= 4 is 6.29 Å². The number of pyridine rings is 1. The molecule has 1 fully saturated rings. The molecule has 4 heteroatoms. The first kappa shape index (κ1) is 11.2. The van der Waals surface area contributed by atoms with Gasteiger partial charge in [0, 0.05) is 19.3 Å². The topological polar surface area (TPSA) is 62.2 Å². The molecular formula is C12H16N2O2. The van der Waals surface area contributed by atoms with Gasteiger partial charge < -0.3 is 10.4 Å². The van der Waals surface area contributed by atoms with Crippen LogP contribution in [0.1, 0.15) is 40.4 Å². The van der Waals surface area contributed by atoms with Gasteiger partial charge in [-0.3, -0.25) is 9.78 Å². The molecule has 2 N–H and O–H groups in total. The Bertz CT molecular complexity index is 375. The maximum Gasteiger partial charge on any atom is 0.168 e. The zero-order valence-corrected chi connectivity index (χ0v) is 9.15. The van der Waals surface area contributed by atoms with Gasteiger partial charge in [-0.2, -0.15) is 0 Å². The molecule has 86 valence electrons. The predicted molar refractivity (Wildman–Crippen MR) is 60.4 cm³/mol. The van der Waals surface area contributed by atoms with E-state index < -0.39 is 0 Å². The first-order valence-corrected chi connectivity index (χ1v) is 5.60. The minimum absolute atomic E-state index is 0.138. The largest absolute Gasteiger partial charge is 0.395 e. The molecule has 0 aromatic carbocycles. The highest BCUT2D eigenvalue weighted by atomic mass is 16.3. The van der Waals surface area contributed by atoms with E-state index in [0.29, 0.717) is 24.7 Å². The first-order valence-electron chi connectivity index (χ1n) is 5.60. The lowest BCUT2D eigenvalue weighted by Crippen LogP contribution is -2.18. The van der Waals surface area contributed by atoms with Crippen molar-refractivity contribution in [2.24, 2.45) is 0 Å². The Morgan fingerprint density at radius 3 is 3.00 bits per heavy atom. The summed E-state index contributed by atoms with van der Waals surface area (Å²) < 4.78 is 0. The van der Waals surface area contributed by atoms with Gasteiger partial charge in [0.2, 0.25) is 0 Å². The van der Waals surface area contributed by atoms with Crippen LogP contribution in [0.5, 0.6) is 0 Å². The average Bonchev–Trinajstić information content (AvgIpc) is 3.14. The van der Waals surface area contributed by atoms with Crippen molar-refractivity contribution in [3.05, 3.63) is 29.1 Å². The highest BCUT2D eigenvalue weighted by Gasteiger charge is 2.26. The van der Waals surface area contributed by atoms with Crippen LogP contribution >= 0.6 is 0 Å². The van der Waals surface area contributed by atoms with Gasteiger partial charge in [0.05, 0.1) is 6.61 Å². The summed E-state index contributed by atoms with van der Waals surface area (Å²) >= 11 is 0. The van der Waals surface area contributed by atoms with Gasteiger partial charge in [-0.25, -0.2) is 0 Å². The van der Waals surface area contributed by atoms with Crippen LogP contribution in [0.15, 0.2) is 12.3 Å². The molecular weight excluding hydrogens is 204 g/mol. The zero-order valence-electron chi connectivity index (χ0n) is 9.15. The Labute approximate surface area is 94.7 Å². The molecule has 0 unspecified atom stereocenters. The van der Waals surface area contributed by atoms with E-state index >= 15 is 0 Å². The molecule has 1 aliphatic rings. The highest BCUT2D eigenvalue weighted by molar-refractivity contribution is 5.72. The summed E-state index contributed by atoms with van der Waals surface area (Å²) in [5.74, 6) is 0.604. The Balaban J connectivity index is 2.12. The van der Waals surface area contributed by atoms with E-state index in [-0.39, 0.29) is 6.61 Å². The second kappa shape index (κ2) is 5.18. The number of aliphatic hydroxyl groups excluding tert-OH is 1. The molecule has 1 aromatic heterocycles. The van der Waals surface area contributed by atoms with Gasteiger partial charge >= 0.3 is 0 Å². The van der Waals surface area contributed by atoms with Gasteiger partial charge in [0.25, 0.3) is 0 Å². The van der Waals surface area contributed by atoms with Crippen LogP contribution in [-0.4, -0.2) is 29.5 Å². The normalized spacial score (nSPS) is 15.1. The molecule has 0 spiro atoms. The summed E-state index contributed by atoms with van der Waals surface area (Å²) in [5, 5.41) is 11.8. The number of aliphatic hydroxyl groups is 1. The predicted octanol–water partition coefficient (Wildman–Crippen LogP) is 0.853. The molecule has 2 rings (SSSR count). The number of hydrogen-bond donors (Lipinski definition) is 2. The lowest BCUT2D eigenvalue weighted by Gasteiger charge is -2.09. The van der Waals surface area contributed by atoms with Crippen LogP contribution in [-0.2, 0) is 6.54 Å². The minimum Gasteiger partial charge on any atom is -0.395 e. The van der Waals surface area contributed by atoms with Crippen molar-refractivity contribution < 1.29 is 9.90 Å². The van der Waals surface area contributed by atoms with Crippen LogP contribution in [0.25, 0.3) is 0 Å². The monoisotopic (exact) mass is 220 g/mol. The Morgan fingerprint density at radius 2 is 2.38 bits per heavy atom. The summed E-state index contributed by atoms with van der Waals surface area (Å²) in [5.41, 5.74) is 2.89. The van der Waals surface area contributed by atoms with E-state index in [2.05, 4.69) is 10.3 Å². The summed E-state index contributed by atoms with van der Waals surface area (Å²) in [7, 11) is 0. The molecule has 0 amide bonds. The summed E-state index contributed by atoms with van der Waals surface area (Å²) in [4.78, 5) is 14.7. The smallest absolute Gasteiger partial charge is 0.168 e. The fourth-order valence-electron chi connectivity index (χ4n) is 1.80. The van der Waals surface area contributed by atoms with E-state index in [1.807, 2.05) is 6.07 Å². The maximum atomic E-state index is 10.7. The molecule has 0 saturated heterocycles. The van der Waals surface area contributed by atoms with E-state index in [1.165, 1.54) is 18.4 Å². The Morgan fingerprint density at radius 1 is 1.56 bits per heavy atom. The third-order valence-electron chi connectivity index (χ3n) is 2.79. The lowest BCUT2D eigenvalue weighted by molar-refractivity contribution is 0.111. The average molecular weight is 220 g/mol. The van der Waals surface area contributed by atoms with Crippen molar-refractivity contribution in [3.8, 4) is 0 Å². The van der Waals surface area contributed by atoms with E-state index in [1.54, 1.807) is 6.20 Å². The van der Waals surface area contributed by atoms with Crippen LogP contribution in [0, 0.1) is 0 Å². The van der Waals surface area contributed by atoms with Gasteiger partial charge in [-0.05, 0) is 36.0 Å². The molecule has 1 aromatic rings. The molecule has 1 saturated carbocycles. The maximum absolute atomic E-state index is 10.7. The summed E-state index contributed by atoms with van der Waals surface area (Å²) in [6.07, 6.45) is 4.96. The second-order valence-corrected chi connectivity index (χ2v) is 4.10. The van der Waals surface area contributed by atoms with Crippen LogP contribution < -0.4 is 5.32 Å². The Kier molecular flexibility index (Phi) is 3.64. The third kappa shape index (κ3) is 2.65. The number of hydrogen-bond acceptors (Lipinski definition) is 4. The van der Waals surface area contributed by atoms with Crippen LogP contribution in [0.2, 0.25) is 0 Å². The zero-order chi connectivity index (χ0) is 11.4. The number of rotatable bonds is 6. The van der Waals surface area contributed by atoms with E-state index in [0.717, 1.165) is 11.8 Å². The summed E-state index contributed by atoms with van der Waals surface area (Å²) in [6, 6.07) is 1.89. The van der Waals surface area contributed by atoms with Crippen LogP contribution in [0.4, 0.5) is 0 Å². The van der Waals surface area contributed by atoms with Gasteiger partial charge in [0.1, 0.15) is 5.69 Å². The number of carbonyl (C=O) groups excluding carboxylic acids is 1. The fourth-order valence-corrected chi connectivity index (χ4v) is 1.80. The molecule has 0 aliphatic heterocycles. The number of aromatic nitrogens is 1. The molecule has 16 heavy (non-hydrogen) atoms. The van der Waals surface area contributed by atoms with Gasteiger partial charge in [-0.1, -0.05) is 0 Å². The van der Waals surface area contributed by atoms with Crippen molar-refractivity contribution in [1.82, 2.24) is 10.3 Å². The number of nitrogens with zero attached hydrogens (tertiary/aromatic N) is 1. The van der Waals surface area contributed by atoms with Gasteiger partial charge in [-0.15, -0.1) is 0 Å². The molecule has 1 aliphatic carbocycles. The summed E-state index contributed by atoms with van der Waals surface area (Å²) in [6.45, 7) is 1.43. The second-order valence-electron chi connectivity index (χ2n) is 4.10. The highest BCUT2D eigenvalue weighted by Crippen LogP contribution is 2.41. The van der Waals surface area contributed by atoms with E-state index in [9.17, 15) is 4.79 Å². The standard InChI is InChI=1S/C12H16N2O2/c15-4-3-13-6-10-7-14-11(8-16)5-12(10)9-1-2-9/h5,7-9,13,15H,1-4,6H2. The third-order valence-corrected chi connectivity index (χ3v) is 2.79. The van der Waals surface area contributed by atoms with Crippen molar-refractivity contribution in [3.63, 3.8) is 0 Å². The molecule has 1 heterocycles. The number of aldehydes is 1. The lowest BCUT2D eigenvalue weighted by atomic mass is 10.0. The molecule has 4 nitrogen and oxygen atoms in total. The molecule has 0 radical (unpaired) electrons. The van der Waals surface area contributed by atoms with Crippen molar-refractivity contribution in [2.75, 3.05) is 13.2 Å². The Hall–Kier alpha value is -1.26. The fraction of sp³-hybridized carbons (Fsp3) is 0.500. The SMILES string of the molecule is O=Cc1cc(C2CC2)c(CNCCO)cn1. The van der Waals surface area contributed by atoms with Crippen molar-refractivity contribution in [1.29, 1.82) is 0 Å². The quantitative estimate of drug-likeness (QED) is 0.551. The number of nitrogens with one attached hydrogen (secondary N) is 1. The van der Waals surface area contributed by atoms with Gasteiger partial charge in [0.15, 0.2) is 6.29 Å². The first-order chi connectivity index (χ1) is 7.85. The molecule has 0 atom stereocenters. The van der Waals surface area contributed by atoms with Crippen molar-refractivity contribution in [2.45, 2.75) is 25.3 Å².